The lowest BCUT2D eigenvalue weighted by Gasteiger charge is -2.13. The normalized spacial score (nSPS) is 12.5. The Morgan fingerprint density at radius 2 is 2.20 bits per heavy atom. The smallest absolute Gasteiger partial charge is 0.305 e. The molecule has 0 aliphatic carbocycles. The lowest BCUT2D eigenvalue weighted by Crippen LogP contribution is -2.17. The van der Waals surface area contributed by atoms with Crippen LogP contribution in [0.3, 0.4) is 0 Å². The van der Waals surface area contributed by atoms with Crippen LogP contribution < -0.4 is 5.73 Å². The number of halogens is 2. The Balaban J connectivity index is 3.02. The fourth-order valence-electron chi connectivity index (χ4n) is 1.36. The minimum atomic E-state index is -1.10. The van der Waals surface area contributed by atoms with E-state index < -0.39 is 24.5 Å². The highest BCUT2D eigenvalue weighted by Gasteiger charge is 2.16. The number of carbonyl (C=O) groups is 1. The van der Waals surface area contributed by atoms with E-state index >= 15 is 0 Å². The second-order valence-electron chi connectivity index (χ2n) is 3.15. The molecule has 0 saturated carbocycles. The van der Waals surface area contributed by atoms with Gasteiger partial charge in [-0.1, -0.05) is 12.1 Å². The number of rotatable bonds is 4. The molecule has 3 nitrogen and oxygen atoms in total. The van der Waals surface area contributed by atoms with Crippen LogP contribution in [0.4, 0.5) is 8.78 Å². The molecule has 1 aromatic rings. The summed E-state index contributed by atoms with van der Waals surface area (Å²) in [5, 5.41) is 8.51. The first kappa shape index (κ1) is 11.6. The molecule has 0 saturated heterocycles. The van der Waals surface area contributed by atoms with Gasteiger partial charge in [0, 0.05) is 11.6 Å². The summed E-state index contributed by atoms with van der Waals surface area (Å²) in [5.41, 5.74) is 5.57. The Kier molecular flexibility index (Phi) is 3.74. The number of hydrogen-bond acceptors (Lipinski definition) is 2. The van der Waals surface area contributed by atoms with E-state index in [9.17, 15) is 13.6 Å². The minimum absolute atomic E-state index is 0.161. The van der Waals surface area contributed by atoms with Crippen LogP contribution in [0.25, 0.3) is 0 Å². The molecule has 0 aromatic heterocycles. The lowest BCUT2D eigenvalue weighted by atomic mass is 9.99. The van der Waals surface area contributed by atoms with Crippen LogP contribution >= 0.6 is 0 Å². The molecule has 0 aliphatic heterocycles. The minimum Gasteiger partial charge on any atom is -0.481 e. The molecule has 0 fully saturated rings. The van der Waals surface area contributed by atoms with Crippen LogP contribution in [0.1, 0.15) is 23.6 Å². The van der Waals surface area contributed by atoms with Crippen LogP contribution in [0, 0.1) is 5.82 Å². The summed E-state index contributed by atoms with van der Waals surface area (Å²) in [5.74, 6) is -1.80. The van der Waals surface area contributed by atoms with Crippen LogP contribution in [0.2, 0.25) is 0 Å². The van der Waals surface area contributed by atoms with Crippen LogP contribution in [-0.2, 0) is 11.5 Å². The fraction of sp³-hybridized carbons (Fsp3) is 0.300. The number of hydrogen-bond donors (Lipinski definition) is 2. The van der Waals surface area contributed by atoms with Crippen molar-refractivity contribution < 1.29 is 18.7 Å². The molecule has 0 aliphatic rings. The maximum absolute atomic E-state index is 13.1. The van der Waals surface area contributed by atoms with Gasteiger partial charge in [0.15, 0.2) is 0 Å². The van der Waals surface area contributed by atoms with Crippen molar-refractivity contribution in [3.05, 3.63) is 35.1 Å². The monoisotopic (exact) mass is 215 g/mol. The van der Waals surface area contributed by atoms with Gasteiger partial charge in [-0.3, -0.25) is 4.79 Å². The van der Waals surface area contributed by atoms with E-state index in [1.165, 1.54) is 12.1 Å². The Labute approximate surface area is 85.5 Å². The zero-order chi connectivity index (χ0) is 11.4. The first-order valence-electron chi connectivity index (χ1n) is 4.37. The van der Waals surface area contributed by atoms with Gasteiger partial charge >= 0.3 is 5.97 Å². The van der Waals surface area contributed by atoms with Gasteiger partial charge in [-0.05, 0) is 11.6 Å². The molecule has 82 valence electrons. The molecule has 0 spiro atoms. The highest BCUT2D eigenvalue weighted by molar-refractivity contribution is 5.68. The Hall–Kier alpha value is -1.49. The Morgan fingerprint density at radius 3 is 2.73 bits per heavy atom. The van der Waals surface area contributed by atoms with Crippen LogP contribution in [-0.4, -0.2) is 11.1 Å². The SMILES string of the molecule is NC(CC(=O)O)c1cccc(F)c1CF. The Bertz CT molecular complexity index is 368. The lowest BCUT2D eigenvalue weighted by molar-refractivity contribution is -0.137. The number of carboxylic acid groups (broad SMARTS) is 1. The summed E-state index contributed by atoms with van der Waals surface area (Å²) in [7, 11) is 0. The predicted octanol–water partition coefficient (Wildman–Crippen LogP) is 1.77. The van der Waals surface area contributed by atoms with Gasteiger partial charge in [0.25, 0.3) is 0 Å². The van der Waals surface area contributed by atoms with E-state index in [1.54, 1.807) is 0 Å². The molecular weight excluding hydrogens is 204 g/mol. The summed E-state index contributed by atoms with van der Waals surface area (Å²) < 4.78 is 25.6. The van der Waals surface area contributed by atoms with Gasteiger partial charge in [-0.25, -0.2) is 8.78 Å². The van der Waals surface area contributed by atoms with Crippen molar-refractivity contribution in [2.75, 3.05) is 0 Å². The molecule has 5 heteroatoms. The predicted molar refractivity (Wildman–Crippen MR) is 50.4 cm³/mol. The van der Waals surface area contributed by atoms with Crippen molar-refractivity contribution in [2.24, 2.45) is 5.73 Å². The first-order valence-corrected chi connectivity index (χ1v) is 4.37. The highest BCUT2D eigenvalue weighted by atomic mass is 19.1. The molecule has 3 N–H and O–H groups in total. The van der Waals surface area contributed by atoms with Crippen molar-refractivity contribution in [2.45, 2.75) is 19.1 Å². The maximum atomic E-state index is 13.1. The van der Waals surface area contributed by atoms with Gasteiger partial charge in [0.05, 0.1) is 6.42 Å². The highest BCUT2D eigenvalue weighted by Crippen LogP contribution is 2.22. The van der Waals surface area contributed by atoms with E-state index in [-0.39, 0.29) is 17.5 Å². The van der Waals surface area contributed by atoms with E-state index in [4.69, 9.17) is 10.8 Å². The number of nitrogens with two attached hydrogens (primary N) is 1. The number of benzene rings is 1. The molecule has 0 heterocycles. The number of carboxylic acids is 1. The molecule has 1 atom stereocenters. The Morgan fingerprint density at radius 1 is 1.53 bits per heavy atom. The van der Waals surface area contributed by atoms with Crippen LogP contribution in [0.15, 0.2) is 18.2 Å². The van der Waals surface area contributed by atoms with Crippen molar-refractivity contribution in [1.29, 1.82) is 0 Å². The standard InChI is InChI=1S/C10H11F2NO2/c11-5-7-6(2-1-3-8(7)12)9(13)4-10(14)15/h1-3,9H,4-5,13H2,(H,14,15). The van der Waals surface area contributed by atoms with Crippen molar-refractivity contribution in [1.82, 2.24) is 0 Å². The molecule has 0 radical (unpaired) electrons. The molecule has 1 rings (SSSR count). The van der Waals surface area contributed by atoms with Crippen molar-refractivity contribution >= 4 is 5.97 Å². The third-order valence-corrected chi connectivity index (χ3v) is 2.08. The van der Waals surface area contributed by atoms with Gasteiger partial charge in [0.1, 0.15) is 12.5 Å². The molecular formula is C10H11F2NO2. The largest absolute Gasteiger partial charge is 0.481 e. The van der Waals surface area contributed by atoms with E-state index in [0.717, 1.165) is 6.07 Å². The summed E-state index contributed by atoms with van der Waals surface area (Å²) in [6, 6.07) is 3.05. The van der Waals surface area contributed by atoms with E-state index in [2.05, 4.69) is 0 Å². The zero-order valence-electron chi connectivity index (χ0n) is 7.91. The van der Waals surface area contributed by atoms with Crippen molar-refractivity contribution in [3.63, 3.8) is 0 Å². The molecule has 0 bridgehead atoms. The van der Waals surface area contributed by atoms with Gasteiger partial charge in [0.2, 0.25) is 0 Å². The van der Waals surface area contributed by atoms with E-state index in [1.807, 2.05) is 0 Å². The second-order valence-corrected chi connectivity index (χ2v) is 3.15. The third-order valence-electron chi connectivity index (χ3n) is 2.08. The maximum Gasteiger partial charge on any atom is 0.305 e. The summed E-state index contributed by atoms with van der Waals surface area (Å²) >= 11 is 0. The van der Waals surface area contributed by atoms with Gasteiger partial charge in [-0.15, -0.1) is 0 Å². The summed E-state index contributed by atoms with van der Waals surface area (Å²) in [6.45, 7) is -0.991. The average Bonchev–Trinajstić information content (AvgIpc) is 2.16. The molecule has 1 aromatic carbocycles. The van der Waals surface area contributed by atoms with Gasteiger partial charge < -0.3 is 10.8 Å². The molecule has 0 amide bonds. The quantitative estimate of drug-likeness (QED) is 0.804. The number of aliphatic carboxylic acids is 1. The average molecular weight is 215 g/mol. The van der Waals surface area contributed by atoms with Crippen molar-refractivity contribution in [3.8, 4) is 0 Å². The summed E-state index contributed by atoms with van der Waals surface area (Å²) in [6.07, 6.45) is -0.351. The van der Waals surface area contributed by atoms with Crippen LogP contribution in [0.5, 0.6) is 0 Å². The summed E-state index contributed by atoms with van der Waals surface area (Å²) in [4.78, 5) is 10.4. The topological polar surface area (TPSA) is 63.3 Å². The zero-order valence-corrected chi connectivity index (χ0v) is 7.91. The third kappa shape index (κ3) is 2.73. The second kappa shape index (κ2) is 4.84. The van der Waals surface area contributed by atoms with E-state index in [0.29, 0.717) is 0 Å². The fourth-order valence-corrected chi connectivity index (χ4v) is 1.36. The number of alkyl halides is 1. The van der Waals surface area contributed by atoms with Gasteiger partial charge in [-0.2, -0.15) is 0 Å². The first-order chi connectivity index (χ1) is 7.06. The molecule has 15 heavy (non-hydrogen) atoms. The molecule has 1 unspecified atom stereocenters.